The molecular weight excluding hydrogens is 545 g/mol. The first kappa shape index (κ1) is 30.5. The van der Waals surface area contributed by atoms with Crippen LogP contribution in [0.25, 0.3) is 10.9 Å². The van der Waals surface area contributed by atoms with Crippen LogP contribution in [-0.2, 0) is 23.9 Å². The number of nitrogens with one attached hydrogen (secondary N) is 2. The minimum absolute atomic E-state index is 0.0794. The molecule has 1 heterocycles. The Morgan fingerprint density at radius 2 is 1.64 bits per heavy atom. The maximum absolute atomic E-state index is 13.8. The van der Waals surface area contributed by atoms with Crippen LogP contribution < -0.4 is 10.1 Å². The summed E-state index contributed by atoms with van der Waals surface area (Å²) in [6.07, 6.45) is -2.03. The van der Waals surface area contributed by atoms with Crippen LogP contribution in [0.4, 0.5) is 23.7 Å². The number of anilines is 1. The van der Waals surface area contributed by atoms with Crippen LogP contribution in [0.3, 0.4) is 0 Å². The number of urea groups is 1. The van der Waals surface area contributed by atoms with Crippen molar-refractivity contribution in [3.8, 4) is 5.75 Å². The molecule has 0 saturated carbocycles. The molecule has 0 spiro atoms. The molecular formula is C32H35F3N4O3. The third-order valence-corrected chi connectivity index (χ3v) is 6.88. The van der Waals surface area contributed by atoms with Gasteiger partial charge in [-0.1, -0.05) is 56.3 Å². The van der Waals surface area contributed by atoms with E-state index >= 15 is 0 Å². The van der Waals surface area contributed by atoms with Crippen molar-refractivity contribution in [1.29, 1.82) is 0 Å². The van der Waals surface area contributed by atoms with Crippen LogP contribution in [0.2, 0.25) is 0 Å². The highest BCUT2D eigenvalue weighted by Crippen LogP contribution is 2.29. The van der Waals surface area contributed by atoms with Gasteiger partial charge in [-0.2, -0.15) is 13.2 Å². The SMILES string of the molecule is COc1ccccc1NC(=O)N(CC(=O)N(CCc1c[nH]c2ccccc12)Cc1ccc(C(F)(F)F)cc1)CC(C)C. The number of H-pyrrole nitrogens is 1. The number of aromatic amines is 1. The summed E-state index contributed by atoms with van der Waals surface area (Å²) < 4.78 is 44.7. The molecule has 0 bridgehead atoms. The number of amides is 3. The van der Waals surface area contributed by atoms with Gasteiger partial charge in [0.25, 0.3) is 0 Å². The van der Waals surface area contributed by atoms with Crippen molar-refractivity contribution in [1.82, 2.24) is 14.8 Å². The van der Waals surface area contributed by atoms with E-state index in [1.165, 1.54) is 24.1 Å². The van der Waals surface area contributed by atoms with Crippen LogP contribution in [0.1, 0.15) is 30.5 Å². The number of carbonyl (C=O) groups is 2. The summed E-state index contributed by atoms with van der Waals surface area (Å²) in [6.45, 7) is 4.43. The first-order valence-corrected chi connectivity index (χ1v) is 13.7. The zero-order valence-electron chi connectivity index (χ0n) is 23.9. The van der Waals surface area contributed by atoms with E-state index in [1.54, 1.807) is 29.2 Å². The molecule has 0 aliphatic carbocycles. The largest absolute Gasteiger partial charge is 0.495 e. The molecule has 4 aromatic rings. The van der Waals surface area contributed by atoms with Crippen molar-refractivity contribution in [3.63, 3.8) is 0 Å². The van der Waals surface area contributed by atoms with Gasteiger partial charge in [0.2, 0.25) is 5.91 Å². The van der Waals surface area contributed by atoms with E-state index in [0.29, 0.717) is 36.5 Å². The smallest absolute Gasteiger partial charge is 0.416 e. The van der Waals surface area contributed by atoms with Gasteiger partial charge in [0, 0.05) is 36.7 Å². The van der Waals surface area contributed by atoms with E-state index in [4.69, 9.17) is 4.74 Å². The Balaban J connectivity index is 1.55. The fourth-order valence-corrected chi connectivity index (χ4v) is 4.77. The number of aromatic nitrogens is 1. The van der Waals surface area contributed by atoms with Gasteiger partial charge >= 0.3 is 12.2 Å². The molecule has 0 saturated heterocycles. The number of benzene rings is 3. The number of halogens is 3. The third kappa shape index (κ3) is 7.84. The van der Waals surface area contributed by atoms with Gasteiger partial charge in [0.15, 0.2) is 0 Å². The Bertz CT molecular complexity index is 1500. The molecule has 0 fully saturated rings. The van der Waals surface area contributed by atoms with Gasteiger partial charge in [-0.3, -0.25) is 4.79 Å². The van der Waals surface area contributed by atoms with E-state index in [9.17, 15) is 22.8 Å². The molecule has 0 aliphatic rings. The maximum Gasteiger partial charge on any atom is 0.416 e. The van der Waals surface area contributed by atoms with E-state index in [0.717, 1.165) is 28.6 Å². The van der Waals surface area contributed by atoms with Gasteiger partial charge in [0.05, 0.1) is 18.4 Å². The molecule has 42 heavy (non-hydrogen) atoms. The summed E-state index contributed by atoms with van der Waals surface area (Å²) >= 11 is 0. The van der Waals surface area contributed by atoms with Gasteiger partial charge in [-0.05, 0) is 53.8 Å². The quantitative estimate of drug-likeness (QED) is 0.201. The summed E-state index contributed by atoms with van der Waals surface area (Å²) in [4.78, 5) is 33.4. The van der Waals surface area contributed by atoms with E-state index < -0.39 is 17.8 Å². The topological polar surface area (TPSA) is 77.7 Å². The van der Waals surface area contributed by atoms with Crippen molar-refractivity contribution < 1.29 is 27.5 Å². The lowest BCUT2D eigenvalue weighted by molar-refractivity contribution is -0.137. The van der Waals surface area contributed by atoms with Crippen LogP contribution in [0, 0.1) is 5.92 Å². The van der Waals surface area contributed by atoms with E-state index in [1.807, 2.05) is 44.3 Å². The van der Waals surface area contributed by atoms with Gasteiger partial charge < -0.3 is 24.8 Å². The molecule has 0 aliphatic heterocycles. The maximum atomic E-state index is 13.8. The Hall–Kier alpha value is -4.47. The van der Waals surface area contributed by atoms with Gasteiger partial charge in [-0.15, -0.1) is 0 Å². The number of rotatable bonds is 11. The first-order valence-electron chi connectivity index (χ1n) is 13.7. The van der Waals surface area contributed by atoms with Crippen molar-refractivity contribution in [2.75, 3.05) is 32.1 Å². The van der Waals surface area contributed by atoms with Crippen LogP contribution in [0.5, 0.6) is 5.75 Å². The summed E-state index contributed by atoms with van der Waals surface area (Å²) in [5.41, 5.74) is 2.28. The molecule has 2 N–H and O–H groups in total. The summed E-state index contributed by atoms with van der Waals surface area (Å²) in [5.74, 6) is 0.255. The third-order valence-electron chi connectivity index (χ3n) is 6.88. The Morgan fingerprint density at radius 1 is 0.952 bits per heavy atom. The van der Waals surface area contributed by atoms with E-state index in [2.05, 4.69) is 10.3 Å². The average Bonchev–Trinajstić information content (AvgIpc) is 3.37. The molecule has 0 unspecified atom stereocenters. The molecule has 4 rings (SSSR count). The summed E-state index contributed by atoms with van der Waals surface area (Å²) in [5, 5.41) is 3.88. The minimum atomic E-state index is -4.45. The monoisotopic (exact) mass is 580 g/mol. The Labute approximate surface area is 243 Å². The summed E-state index contributed by atoms with van der Waals surface area (Å²) in [7, 11) is 1.51. The van der Waals surface area contributed by atoms with Gasteiger partial charge in [0.1, 0.15) is 12.3 Å². The molecule has 10 heteroatoms. The fraction of sp³-hybridized carbons (Fsp3) is 0.312. The average molecular weight is 581 g/mol. The number of ether oxygens (including phenoxy) is 1. The number of alkyl halides is 3. The van der Waals surface area contributed by atoms with Crippen LogP contribution >= 0.6 is 0 Å². The number of methoxy groups -OCH3 is 1. The molecule has 7 nitrogen and oxygen atoms in total. The van der Waals surface area contributed by atoms with Crippen molar-refractivity contribution in [3.05, 3.63) is 95.7 Å². The molecule has 3 aromatic carbocycles. The fourth-order valence-electron chi connectivity index (χ4n) is 4.77. The van der Waals surface area contributed by atoms with Crippen LogP contribution in [0.15, 0.2) is 79.0 Å². The lowest BCUT2D eigenvalue weighted by Crippen LogP contribution is -2.46. The first-order chi connectivity index (χ1) is 20.0. The Kier molecular flexibility index (Phi) is 9.77. The van der Waals surface area contributed by atoms with E-state index in [-0.39, 0.29) is 24.9 Å². The zero-order chi connectivity index (χ0) is 30.3. The number of fused-ring (bicyclic) bond motifs is 1. The molecule has 0 radical (unpaired) electrons. The van der Waals surface area contributed by atoms with Crippen molar-refractivity contribution >= 4 is 28.5 Å². The van der Waals surface area contributed by atoms with Crippen molar-refractivity contribution in [2.45, 2.75) is 33.0 Å². The Morgan fingerprint density at radius 3 is 2.33 bits per heavy atom. The summed E-state index contributed by atoms with van der Waals surface area (Å²) in [6, 6.07) is 19.2. The molecule has 1 aromatic heterocycles. The van der Waals surface area contributed by atoms with Crippen molar-refractivity contribution in [2.24, 2.45) is 5.92 Å². The molecule has 222 valence electrons. The lowest BCUT2D eigenvalue weighted by Gasteiger charge is -2.29. The highest BCUT2D eigenvalue weighted by atomic mass is 19.4. The van der Waals surface area contributed by atoms with Gasteiger partial charge in [-0.25, -0.2) is 4.79 Å². The predicted octanol–water partition coefficient (Wildman–Crippen LogP) is 6.96. The second kappa shape index (κ2) is 13.5. The second-order valence-electron chi connectivity index (χ2n) is 10.5. The number of hydrogen-bond acceptors (Lipinski definition) is 3. The minimum Gasteiger partial charge on any atom is -0.495 e. The van der Waals surface area contributed by atoms with Crippen LogP contribution in [-0.4, -0.2) is 53.5 Å². The molecule has 3 amide bonds. The highest BCUT2D eigenvalue weighted by molar-refractivity contribution is 5.93. The highest BCUT2D eigenvalue weighted by Gasteiger charge is 2.30. The standard InChI is InChI=1S/C32H35F3N4O3/c1-22(2)19-39(31(41)37-28-10-6-7-11-29(28)42-3)21-30(40)38(20-23-12-14-25(15-13-23)32(33,34)35)17-16-24-18-36-27-9-5-4-8-26(24)27/h4-15,18,22,36H,16-17,19-21H2,1-3H3,(H,37,41). The number of para-hydroxylation sites is 3. The second-order valence-corrected chi connectivity index (χ2v) is 10.5. The lowest BCUT2D eigenvalue weighted by atomic mass is 10.1. The normalized spacial score (nSPS) is 11.5. The number of carbonyl (C=O) groups excluding carboxylic acids is 2. The molecule has 0 atom stereocenters. The number of nitrogens with zero attached hydrogens (tertiary/aromatic N) is 2. The number of hydrogen-bond donors (Lipinski definition) is 2. The predicted molar refractivity (Wildman–Crippen MR) is 157 cm³/mol. The zero-order valence-corrected chi connectivity index (χ0v) is 23.9.